The summed E-state index contributed by atoms with van der Waals surface area (Å²) >= 11 is 1.28. The molecule has 0 saturated heterocycles. The van der Waals surface area contributed by atoms with Crippen LogP contribution >= 0.6 is 11.8 Å². The van der Waals surface area contributed by atoms with E-state index >= 15 is 0 Å². The second-order valence-corrected chi connectivity index (χ2v) is 5.48. The molecule has 7 heteroatoms. The van der Waals surface area contributed by atoms with Crippen LogP contribution in [0.1, 0.15) is 12.5 Å². The average molecular weight is 293 g/mol. The van der Waals surface area contributed by atoms with Gasteiger partial charge in [-0.25, -0.2) is 0 Å². The van der Waals surface area contributed by atoms with Gasteiger partial charge in [-0.1, -0.05) is 17.8 Å². The molecule has 20 heavy (non-hydrogen) atoms. The van der Waals surface area contributed by atoms with E-state index in [4.69, 9.17) is 9.47 Å². The van der Waals surface area contributed by atoms with E-state index in [1.165, 1.54) is 11.8 Å². The van der Waals surface area contributed by atoms with Crippen molar-refractivity contribution < 1.29 is 14.3 Å². The van der Waals surface area contributed by atoms with Crippen LogP contribution in [0.25, 0.3) is 0 Å². The van der Waals surface area contributed by atoms with Gasteiger partial charge in [-0.3, -0.25) is 4.79 Å². The van der Waals surface area contributed by atoms with Crippen LogP contribution in [0.3, 0.4) is 0 Å². The number of nitrogens with zero attached hydrogens (tertiary/aromatic N) is 2. The van der Waals surface area contributed by atoms with E-state index in [0.29, 0.717) is 16.5 Å². The topological polar surface area (TPSA) is 77.1 Å². The van der Waals surface area contributed by atoms with Crippen molar-refractivity contribution in [2.24, 2.45) is 0 Å². The van der Waals surface area contributed by atoms with Crippen molar-refractivity contribution in [2.45, 2.75) is 24.1 Å². The first kappa shape index (κ1) is 14.4. The van der Waals surface area contributed by atoms with E-state index < -0.39 is 0 Å². The smallest absolute Gasteiger partial charge is 0.324 e. The molecule has 2 rings (SSSR count). The normalized spacial score (nSPS) is 11.9. The largest absolute Gasteiger partial charge is 0.497 e. The fourth-order valence-corrected chi connectivity index (χ4v) is 2.20. The summed E-state index contributed by atoms with van der Waals surface area (Å²) in [7, 11) is 1.57. The molecule has 1 aromatic heterocycles. The van der Waals surface area contributed by atoms with Crippen molar-refractivity contribution in [1.82, 2.24) is 15.4 Å². The Kier molecular flexibility index (Phi) is 4.62. The highest BCUT2D eigenvalue weighted by molar-refractivity contribution is 8.00. The number of aromatic amines is 1. The Labute approximate surface area is 120 Å². The molecule has 1 unspecified atom stereocenters. The van der Waals surface area contributed by atoms with Crippen LogP contribution in [-0.2, 0) is 4.79 Å². The molecule has 1 heterocycles. The highest BCUT2D eigenvalue weighted by Gasteiger charge is 2.19. The van der Waals surface area contributed by atoms with Gasteiger partial charge in [-0.15, -0.1) is 5.10 Å². The Morgan fingerprint density at radius 2 is 2.25 bits per heavy atom. The Morgan fingerprint density at radius 3 is 2.90 bits per heavy atom. The van der Waals surface area contributed by atoms with Gasteiger partial charge >= 0.3 is 5.97 Å². The Balaban J connectivity index is 2.03. The standard InChI is InChI=1S/C13H15N3O3S/c1-8-4-5-10(18-3)6-11(8)19-13(17)9(2)20-12-7-14-16-15-12/h4-7,9H,1-3H3,(H,14,15,16). The number of thioether (sulfide) groups is 1. The Morgan fingerprint density at radius 1 is 1.45 bits per heavy atom. The number of aromatic nitrogens is 3. The van der Waals surface area contributed by atoms with E-state index in [1.54, 1.807) is 26.3 Å². The van der Waals surface area contributed by atoms with Crippen LogP contribution in [-0.4, -0.2) is 33.7 Å². The van der Waals surface area contributed by atoms with Crippen molar-refractivity contribution in [1.29, 1.82) is 0 Å². The van der Waals surface area contributed by atoms with E-state index in [9.17, 15) is 4.79 Å². The van der Waals surface area contributed by atoms with Crippen LogP contribution in [0.15, 0.2) is 29.4 Å². The lowest BCUT2D eigenvalue weighted by Crippen LogP contribution is -2.20. The third kappa shape index (κ3) is 3.51. The average Bonchev–Trinajstić information content (AvgIpc) is 2.94. The van der Waals surface area contributed by atoms with Crippen molar-refractivity contribution in [3.8, 4) is 11.5 Å². The number of hydrogen-bond donors (Lipinski definition) is 1. The Bertz CT molecular complexity index is 587. The number of carbonyl (C=O) groups excluding carboxylic acids is 1. The third-order valence-electron chi connectivity index (χ3n) is 2.63. The first-order valence-electron chi connectivity index (χ1n) is 5.99. The van der Waals surface area contributed by atoms with E-state index in [-0.39, 0.29) is 11.2 Å². The molecule has 0 radical (unpaired) electrons. The van der Waals surface area contributed by atoms with Gasteiger partial charge < -0.3 is 9.47 Å². The molecule has 0 aliphatic heterocycles. The summed E-state index contributed by atoms with van der Waals surface area (Å²) in [6, 6.07) is 5.36. The number of rotatable bonds is 5. The molecular weight excluding hydrogens is 278 g/mol. The van der Waals surface area contributed by atoms with Gasteiger partial charge in [0.15, 0.2) is 0 Å². The molecule has 106 valence electrons. The van der Waals surface area contributed by atoms with Crippen molar-refractivity contribution in [3.63, 3.8) is 0 Å². The molecule has 0 bridgehead atoms. The summed E-state index contributed by atoms with van der Waals surface area (Å²) in [4.78, 5) is 12.0. The molecule has 1 atom stereocenters. The fourth-order valence-electron chi connectivity index (χ4n) is 1.49. The van der Waals surface area contributed by atoms with Crippen molar-refractivity contribution in [3.05, 3.63) is 30.0 Å². The van der Waals surface area contributed by atoms with Crippen LogP contribution in [0.5, 0.6) is 11.5 Å². The second-order valence-electron chi connectivity index (χ2n) is 4.12. The highest BCUT2D eigenvalue weighted by Crippen LogP contribution is 2.26. The minimum absolute atomic E-state index is 0.339. The number of carbonyl (C=O) groups is 1. The summed E-state index contributed by atoms with van der Waals surface area (Å²) < 4.78 is 10.5. The minimum Gasteiger partial charge on any atom is -0.497 e. The number of methoxy groups -OCH3 is 1. The van der Waals surface area contributed by atoms with Gasteiger partial charge in [0, 0.05) is 6.07 Å². The summed E-state index contributed by atoms with van der Waals surface area (Å²) in [5, 5.41) is 10.3. The molecule has 6 nitrogen and oxygen atoms in total. The maximum atomic E-state index is 12.0. The number of aryl methyl sites for hydroxylation is 1. The van der Waals surface area contributed by atoms with Crippen LogP contribution in [0, 0.1) is 6.92 Å². The maximum Gasteiger partial charge on any atom is 0.324 e. The number of hydrogen-bond acceptors (Lipinski definition) is 6. The summed E-state index contributed by atoms with van der Waals surface area (Å²) in [5.41, 5.74) is 0.873. The summed E-state index contributed by atoms with van der Waals surface area (Å²) in [6.45, 7) is 3.63. The molecule has 2 aromatic rings. The van der Waals surface area contributed by atoms with Gasteiger partial charge in [0.1, 0.15) is 21.8 Å². The molecule has 0 spiro atoms. The molecular formula is C13H15N3O3S. The van der Waals surface area contributed by atoms with Gasteiger partial charge in [0.05, 0.1) is 13.3 Å². The van der Waals surface area contributed by atoms with E-state index in [1.807, 2.05) is 19.1 Å². The Hall–Kier alpha value is -2.02. The van der Waals surface area contributed by atoms with E-state index in [2.05, 4.69) is 15.4 Å². The van der Waals surface area contributed by atoms with Gasteiger partial charge in [-0.05, 0) is 25.5 Å². The van der Waals surface area contributed by atoms with Crippen molar-refractivity contribution in [2.75, 3.05) is 7.11 Å². The third-order valence-corrected chi connectivity index (χ3v) is 3.61. The lowest BCUT2D eigenvalue weighted by atomic mass is 10.2. The zero-order valence-corrected chi connectivity index (χ0v) is 12.2. The van der Waals surface area contributed by atoms with Crippen LogP contribution in [0.2, 0.25) is 0 Å². The van der Waals surface area contributed by atoms with Gasteiger partial charge in [-0.2, -0.15) is 10.3 Å². The SMILES string of the molecule is COc1ccc(C)c(OC(=O)C(C)Sc2cn[nH]n2)c1. The first-order chi connectivity index (χ1) is 9.60. The lowest BCUT2D eigenvalue weighted by molar-refractivity contribution is -0.133. The zero-order chi connectivity index (χ0) is 14.5. The summed E-state index contributed by atoms with van der Waals surface area (Å²) in [5.74, 6) is 0.812. The maximum absolute atomic E-state index is 12.0. The molecule has 0 fully saturated rings. The predicted molar refractivity (Wildman–Crippen MR) is 75.1 cm³/mol. The number of H-pyrrole nitrogens is 1. The fraction of sp³-hybridized carbons (Fsp3) is 0.308. The lowest BCUT2D eigenvalue weighted by Gasteiger charge is -2.12. The molecule has 0 amide bonds. The number of ether oxygens (including phenoxy) is 2. The van der Waals surface area contributed by atoms with Crippen molar-refractivity contribution >= 4 is 17.7 Å². The monoisotopic (exact) mass is 293 g/mol. The van der Waals surface area contributed by atoms with Gasteiger partial charge in [0.25, 0.3) is 0 Å². The van der Waals surface area contributed by atoms with E-state index in [0.717, 1.165) is 5.56 Å². The minimum atomic E-state index is -0.384. The first-order valence-corrected chi connectivity index (χ1v) is 6.87. The summed E-state index contributed by atoms with van der Waals surface area (Å²) in [6.07, 6.45) is 1.56. The molecule has 0 aliphatic rings. The number of benzene rings is 1. The predicted octanol–water partition coefficient (Wildman–Crippen LogP) is 2.21. The molecule has 1 N–H and O–H groups in total. The van der Waals surface area contributed by atoms with Gasteiger partial charge in [0.2, 0.25) is 0 Å². The molecule has 1 aromatic carbocycles. The number of nitrogens with one attached hydrogen (secondary N) is 1. The molecule has 0 saturated carbocycles. The zero-order valence-electron chi connectivity index (χ0n) is 11.4. The van der Waals surface area contributed by atoms with Crippen LogP contribution in [0.4, 0.5) is 0 Å². The number of esters is 1. The van der Waals surface area contributed by atoms with Crippen LogP contribution < -0.4 is 9.47 Å². The second kappa shape index (κ2) is 6.42. The molecule has 0 aliphatic carbocycles. The quantitative estimate of drug-likeness (QED) is 0.517. The highest BCUT2D eigenvalue weighted by atomic mass is 32.2.